The number of nitro groups is 1. The molecule has 9 heteroatoms. The van der Waals surface area contributed by atoms with Crippen LogP contribution in [0.2, 0.25) is 0 Å². The van der Waals surface area contributed by atoms with Crippen molar-refractivity contribution >= 4 is 27.3 Å². The van der Waals surface area contributed by atoms with Gasteiger partial charge in [0.2, 0.25) is 5.91 Å². The van der Waals surface area contributed by atoms with E-state index in [1.54, 1.807) is 6.92 Å². The fourth-order valence-corrected chi connectivity index (χ4v) is 2.98. The Balaban J connectivity index is 2.33. The van der Waals surface area contributed by atoms with Crippen LogP contribution in [0.25, 0.3) is 0 Å². The second-order valence-electron chi connectivity index (χ2n) is 4.75. The van der Waals surface area contributed by atoms with E-state index in [0.717, 1.165) is 0 Å². The van der Waals surface area contributed by atoms with E-state index in [9.17, 15) is 23.3 Å². The Labute approximate surface area is 132 Å². The molecule has 120 valence electrons. The highest BCUT2D eigenvalue weighted by Crippen LogP contribution is 2.21. The highest BCUT2D eigenvalue weighted by Gasteiger charge is 2.17. The summed E-state index contributed by atoms with van der Waals surface area (Å²) in [5.41, 5.74) is 5.89. The van der Waals surface area contributed by atoms with Crippen LogP contribution in [0, 0.1) is 17.0 Å². The van der Waals surface area contributed by atoms with Gasteiger partial charge in [-0.05, 0) is 36.8 Å². The molecule has 0 saturated heterocycles. The maximum atomic E-state index is 12.3. The Bertz CT molecular complexity index is 876. The SMILES string of the molecule is Cc1ccc(S(=O)(=O)Nc2ccc([N+](=O)[O-])cc2)cc1C(N)=O. The fourth-order valence-electron chi connectivity index (χ4n) is 1.90. The number of aryl methyl sites for hydroxylation is 1. The number of nitrogens with one attached hydrogen (secondary N) is 1. The maximum Gasteiger partial charge on any atom is 0.269 e. The van der Waals surface area contributed by atoms with Crippen LogP contribution in [0.15, 0.2) is 47.4 Å². The number of non-ortho nitro benzene ring substituents is 1. The van der Waals surface area contributed by atoms with Crippen LogP contribution in [-0.2, 0) is 10.0 Å². The van der Waals surface area contributed by atoms with Crippen LogP contribution >= 0.6 is 0 Å². The maximum absolute atomic E-state index is 12.3. The minimum Gasteiger partial charge on any atom is -0.366 e. The van der Waals surface area contributed by atoms with Gasteiger partial charge in [0.1, 0.15) is 0 Å². The zero-order chi connectivity index (χ0) is 17.2. The number of rotatable bonds is 5. The molecule has 2 aromatic carbocycles. The van der Waals surface area contributed by atoms with Crippen molar-refractivity contribution < 1.29 is 18.1 Å². The second kappa shape index (κ2) is 6.05. The van der Waals surface area contributed by atoms with Crippen molar-refractivity contribution in [2.24, 2.45) is 5.73 Å². The highest BCUT2D eigenvalue weighted by molar-refractivity contribution is 7.92. The van der Waals surface area contributed by atoms with E-state index in [0.29, 0.717) is 5.56 Å². The smallest absolute Gasteiger partial charge is 0.269 e. The van der Waals surface area contributed by atoms with Gasteiger partial charge >= 0.3 is 0 Å². The van der Waals surface area contributed by atoms with Crippen molar-refractivity contribution in [2.75, 3.05) is 4.72 Å². The standard InChI is InChI=1S/C14H13N3O5S/c1-9-2-7-12(8-13(9)14(15)18)23(21,22)16-10-3-5-11(6-4-10)17(19)20/h2-8,16H,1H3,(H2,15,18). The average Bonchev–Trinajstić information content (AvgIpc) is 2.47. The molecule has 2 aromatic rings. The van der Waals surface area contributed by atoms with E-state index in [1.165, 1.54) is 42.5 Å². The molecule has 0 unspecified atom stereocenters. The van der Waals surface area contributed by atoms with E-state index in [4.69, 9.17) is 5.73 Å². The molecule has 23 heavy (non-hydrogen) atoms. The molecule has 0 bridgehead atoms. The molecule has 0 radical (unpaired) electrons. The van der Waals surface area contributed by atoms with Crippen LogP contribution in [-0.4, -0.2) is 19.2 Å². The lowest BCUT2D eigenvalue weighted by Gasteiger charge is -2.10. The predicted molar refractivity (Wildman–Crippen MR) is 83.6 cm³/mol. The number of hydrogen-bond acceptors (Lipinski definition) is 5. The first kappa shape index (κ1) is 16.4. The highest BCUT2D eigenvalue weighted by atomic mass is 32.2. The Morgan fingerprint density at radius 2 is 1.78 bits per heavy atom. The number of nitrogens with two attached hydrogens (primary N) is 1. The molecule has 0 aliphatic rings. The number of amides is 1. The molecule has 1 amide bonds. The molecule has 8 nitrogen and oxygen atoms in total. The van der Waals surface area contributed by atoms with Gasteiger partial charge in [0, 0.05) is 23.4 Å². The van der Waals surface area contributed by atoms with Gasteiger partial charge in [-0.15, -0.1) is 0 Å². The molecule has 0 spiro atoms. The van der Waals surface area contributed by atoms with E-state index >= 15 is 0 Å². The minimum absolute atomic E-state index is 0.108. The molecule has 0 fully saturated rings. The summed E-state index contributed by atoms with van der Waals surface area (Å²) in [5, 5.41) is 10.6. The van der Waals surface area contributed by atoms with Crippen molar-refractivity contribution in [3.05, 3.63) is 63.7 Å². The number of sulfonamides is 1. The summed E-state index contributed by atoms with van der Waals surface area (Å²) < 4.78 is 26.9. The minimum atomic E-state index is -3.95. The van der Waals surface area contributed by atoms with Crippen LogP contribution in [0.1, 0.15) is 15.9 Å². The number of nitrogens with zero attached hydrogens (tertiary/aromatic N) is 1. The van der Waals surface area contributed by atoms with Crippen LogP contribution in [0.3, 0.4) is 0 Å². The van der Waals surface area contributed by atoms with Crippen molar-refractivity contribution in [1.29, 1.82) is 0 Å². The first-order chi connectivity index (χ1) is 10.7. The van der Waals surface area contributed by atoms with E-state index in [2.05, 4.69) is 4.72 Å². The Morgan fingerprint density at radius 1 is 1.17 bits per heavy atom. The van der Waals surface area contributed by atoms with Gasteiger partial charge in [-0.3, -0.25) is 19.6 Å². The average molecular weight is 335 g/mol. The monoisotopic (exact) mass is 335 g/mol. The first-order valence-corrected chi connectivity index (χ1v) is 7.87. The largest absolute Gasteiger partial charge is 0.366 e. The Kier molecular flexibility index (Phi) is 4.32. The number of benzene rings is 2. The lowest BCUT2D eigenvalue weighted by molar-refractivity contribution is -0.384. The third-order valence-electron chi connectivity index (χ3n) is 3.12. The first-order valence-electron chi connectivity index (χ1n) is 6.38. The second-order valence-corrected chi connectivity index (χ2v) is 6.43. The van der Waals surface area contributed by atoms with E-state index < -0.39 is 20.9 Å². The van der Waals surface area contributed by atoms with Crippen molar-refractivity contribution in [3.8, 4) is 0 Å². The molecule has 2 rings (SSSR count). The van der Waals surface area contributed by atoms with Crippen LogP contribution in [0.5, 0.6) is 0 Å². The van der Waals surface area contributed by atoms with Crippen molar-refractivity contribution in [1.82, 2.24) is 0 Å². The van der Waals surface area contributed by atoms with Gasteiger partial charge in [-0.2, -0.15) is 0 Å². The quantitative estimate of drug-likeness (QED) is 0.635. The predicted octanol–water partition coefficient (Wildman–Crippen LogP) is 1.80. The summed E-state index contributed by atoms with van der Waals surface area (Å²) in [5.74, 6) is -0.727. The molecule has 0 heterocycles. The summed E-state index contributed by atoms with van der Waals surface area (Å²) in [4.78, 5) is 21.2. The number of carbonyl (C=O) groups excluding carboxylic acids is 1. The third kappa shape index (κ3) is 3.64. The lowest BCUT2D eigenvalue weighted by Crippen LogP contribution is -2.17. The summed E-state index contributed by atoms with van der Waals surface area (Å²) in [6.45, 7) is 1.64. The van der Waals surface area contributed by atoms with Gasteiger partial charge in [-0.1, -0.05) is 6.07 Å². The summed E-state index contributed by atoms with van der Waals surface area (Å²) in [6.07, 6.45) is 0. The zero-order valence-electron chi connectivity index (χ0n) is 12.0. The fraction of sp³-hybridized carbons (Fsp3) is 0.0714. The summed E-state index contributed by atoms with van der Waals surface area (Å²) >= 11 is 0. The topological polar surface area (TPSA) is 132 Å². The molecule has 3 N–H and O–H groups in total. The van der Waals surface area contributed by atoms with Gasteiger partial charge < -0.3 is 5.73 Å². The number of anilines is 1. The Hall–Kier alpha value is -2.94. The van der Waals surface area contributed by atoms with E-state index in [1.807, 2.05) is 0 Å². The number of nitro benzene ring substituents is 1. The van der Waals surface area contributed by atoms with Crippen LogP contribution < -0.4 is 10.5 Å². The summed E-state index contributed by atoms with van der Waals surface area (Å²) in [6, 6.07) is 8.92. The van der Waals surface area contributed by atoms with Crippen molar-refractivity contribution in [2.45, 2.75) is 11.8 Å². The molecular weight excluding hydrogens is 322 g/mol. The van der Waals surface area contributed by atoms with Gasteiger partial charge in [-0.25, -0.2) is 8.42 Å². The van der Waals surface area contributed by atoms with Gasteiger partial charge in [0.25, 0.3) is 15.7 Å². The molecule has 0 saturated carbocycles. The number of hydrogen-bond donors (Lipinski definition) is 2. The molecule has 0 aliphatic carbocycles. The molecule has 0 aromatic heterocycles. The van der Waals surface area contributed by atoms with Gasteiger partial charge in [0.15, 0.2) is 0 Å². The Morgan fingerprint density at radius 3 is 2.30 bits per heavy atom. The van der Waals surface area contributed by atoms with Crippen molar-refractivity contribution in [3.63, 3.8) is 0 Å². The number of primary amides is 1. The number of carbonyl (C=O) groups is 1. The normalized spacial score (nSPS) is 11.0. The van der Waals surface area contributed by atoms with Crippen LogP contribution in [0.4, 0.5) is 11.4 Å². The van der Waals surface area contributed by atoms with Gasteiger partial charge in [0.05, 0.1) is 9.82 Å². The van der Waals surface area contributed by atoms with E-state index in [-0.39, 0.29) is 21.8 Å². The zero-order valence-corrected chi connectivity index (χ0v) is 12.8. The third-order valence-corrected chi connectivity index (χ3v) is 4.49. The molecular formula is C14H13N3O5S. The molecule has 0 atom stereocenters. The summed E-state index contributed by atoms with van der Waals surface area (Å²) in [7, 11) is -3.95. The molecule has 0 aliphatic heterocycles. The lowest BCUT2D eigenvalue weighted by atomic mass is 10.1.